The molecule has 40 heavy (non-hydrogen) atoms. The molecule has 9 heteroatoms. The summed E-state index contributed by atoms with van der Waals surface area (Å²) in [6, 6.07) is 22.2. The third-order valence-electron chi connectivity index (χ3n) is 6.51. The van der Waals surface area contributed by atoms with E-state index in [1.54, 1.807) is 4.90 Å². The van der Waals surface area contributed by atoms with Gasteiger partial charge < -0.3 is 10.2 Å². The van der Waals surface area contributed by atoms with Gasteiger partial charge in [0, 0.05) is 36.9 Å². The molecule has 0 radical (unpaired) electrons. The third-order valence-corrected chi connectivity index (χ3v) is 8.20. The lowest BCUT2D eigenvalue weighted by Crippen LogP contribution is -2.50. The van der Waals surface area contributed by atoms with Gasteiger partial charge in [-0.1, -0.05) is 64.5 Å². The van der Waals surface area contributed by atoms with Crippen molar-refractivity contribution in [1.82, 2.24) is 10.2 Å². The Labute approximate surface area is 246 Å². The summed E-state index contributed by atoms with van der Waals surface area (Å²) in [5, 5.41) is 2.90. The first-order valence-corrected chi connectivity index (χ1v) is 16.0. The first-order chi connectivity index (χ1) is 19.0. The van der Waals surface area contributed by atoms with Crippen LogP contribution in [0.15, 0.2) is 77.3 Å². The molecule has 0 aliphatic carbocycles. The van der Waals surface area contributed by atoms with Crippen LogP contribution < -0.4 is 9.62 Å². The Morgan fingerprint density at radius 1 is 0.925 bits per heavy atom. The van der Waals surface area contributed by atoms with Crippen molar-refractivity contribution >= 4 is 43.5 Å². The number of rotatable bonds is 13. The van der Waals surface area contributed by atoms with E-state index in [9.17, 15) is 18.0 Å². The number of carbonyl (C=O) groups is 2. The molecule has 3 rings (SSSR count). The quantitative estimate of drug-likeness (QED) is 0.275. The Morgan fingerprint density at radius 2 is 1.57 bits per heavy atom. The van der Waals surface area contributed by atoms with Crippen LogP contribution in [0.1, 0.15) is 42.0 Å². The van der Waals surface area contributed by atoms with Crippen molar-refractivity contribution in [1.29, 1.82) is 0 Å². The highest BCUT2D eigenvalue weighted by Crippen LogP contribution is 2.23. The number of nitrogens with one attached hydrogen (secondary N) is 1. The summed E-state index contributed by atoms with van der Waals surface area (Å²) in [5.41, 5.74) is 4.35. The number of hydrogen-bond acceptors (Lipinski definition) is 4. The Balaban J connectivity index is 1.87. The normalized spacial score (nSPS) is 12.0. The van der Waals surface area contributed by atoms with Gasteiger partial charge in [0.1, 0.15) is 6.04 Å². The molecule has 7 nitrogen and oxygen atoms in total. The number of likely N-dealkylation sites (N-methyl/N-ethyl adjacent to an activating group) is 1. The second-order valence-electron chi connectivity index (χ2n) is 10.0. The van der Waals surface area contributed by atoms with Gasteiger partial charge in [-0.15, -0.1) is 0 Å². The van der Waals surface area contributed by atoms with E-state index in [-0.39, 0.29) is 31.3 Å². The van der Waals surface area contributed by atoms with Crippen molar-refractivity contribution in [2.75, 3.05) is 23.7 Å². The summed E-state index contributed by atoms with van der Waals surface area (Å²) in [6.45, 7) is 6.55. The van der Waals surface area contributed by atoms with Gasteiger partial charge in [0.15, 0.2) is 0 Å². The van der Waals surface area contributed by atoms with Crippen LogP contribution in [0, 0.1) is 13.8 Å². The monoisotopic (exact) mass is 627 g/mol. The second-order valence-corrected chi connectivity index (χ2v) is 12.9. The molecule has 1 atom stereocenters. The molecule has 2 amide bonds. The molecule has 0 saturated heterocycles. The highest BCUT2D eigenvalue weighted by atomic mass is 79.9. The molecule has 3 aromatic rings. The number of hydrogen-bond donors (Lipinski definition) is 1. The largest absolute Gasteiger partial charge is 0.355 e. The molecule has 0 heterocycles. The fraction of sp³-hybridized carbons (Fsp3) is 0.355. The SMILES string of the molecule is CCNC(=O)[C@H](Cc1ccccc1)N(Cc1cccc(Br)c1)C(=O)CCCN(c1cc(C)cc(C)c1)S(C)(=O)=O. The van der Waals surface area contributed by atoms with Gasteiger partial charge in [0.05, 0.1) is 11.9 Å². The lowest BCUT2D eigenvalue weighted by atomic mass is 10.0. The molecule has 0 spiro atoms. The topological polar surface area (TPSA) is 86.8 Å². The number of benzene rings is 3. The minimum absolute atomic E-state index is 0.0928. The lowest BCUT2D eigenvalue weighted by Gasteiger charge is -2.32. The van der Waals surface area contributed by atoms with Gasteiger partial charge in [-0.2, -0.15) is 0 Å². The van der Waals surface area contributed by atoms with Crippen LogP contribution in [0.25, 0.3) is 0 Å². The van der Waals surface area contributed by atoms with Crippen molar-refractivity contribution < 1.29 is 18.0 Å². The Bertz CT molecular complexity index is 1390. The Kier molecular flexibility index (Phi) is 11.3. The molecule has 0 fully saturated rings. The summed E-state index contributed by atoms with van der Waals surface area (Å²) < 4.78 is 27.6. The minimum atomic E-state index is -3.56. The van der Waals surface area contributed by atoms with Crippen LogP contribution >= 0.6 is 15.9 Å². The fourth-order valence-electron chi connectivity index (χ4n) is 4.78. The number of aryl methyl sites for hydroxylation is 2. The number of carbonyl (C=O) groups excluding carboxylic acids is 2. The molecule has 0 aliphatic rings. The predicted molar refractivity (Wildman–Crippen MR) is 165 cm³/mol. The van der Waals surface area contributed by atoms with Crippen LogP contribution in [0.4, 0.5) is 5.69 Å². The third kappa shape index (κ3) is 9.20. The maximum Gasteiger partial charge on any atom is 0.243 e. The van der Waals surface area contributed by atoms with E-state index in [0.717, 1.165) is 26.7 Å². The van der Waals surface area contributed by atoms with E-state index in [1.165, 1.54) is 10.6 Å². The van der Waals surface area contributed by atoms with Gasteiger partial charge >= 0.3 is 0 Å². The summed E-state index contributed by atoms with van der Waals surface area (Å²) in [7, 11) is -3.56. The van der Waals surface area contributed by atoms with Crippen LogP contribution in [0.2, 0.25) is 0 Å². The number of amides is 2. The first-order valence-electron chi connectivity index (χ1n) is 13.4. The molecule has 0 aliphatic heterocycles. The molecule has 0 aromatic heterocycles. The van der Waals surface area contributed by atoms with Crippen LogP contribution in [-0.2, 0) is 32.6 Å². The van der Waals surface area contributed by atoms with E-state index >= 15 is 0 Å². The maximum atomic E-state index is 13.8. The molecular formula is C31H38BrN3O4S. The zero-order valence-electron chi connectivity index (χ0n) is 23.6. The van der Waals surface area contributed by atoms with Crippen molar-refractivity contribution in [2.45, 2.75) is 52.6 Å². The van der Waals surface area contributed by atoms with Crippen molar-refractivity contribution in [3.05, 3.63) is 99.5 Å². The van der Waals surface area contributed by atoms with Gasteiger partial charge in [0.2, 0.25) is 21.8 Å². The summed E-state index contributed by atoms with van der Waals surface area (Å²) >= 11 is 3.50. The van der Waals surface area contributed by atoms with E-state index in [4.69, 9.17) is 0 Å². The van der Waals surface area contributed by atoms with Crippen molar-refractivity contribution in [3.63, 3.8) is 0 Å². The summed E-state index contributed by atoms with van der Waals surface area (Å²) in [5.74, 6) is -0.427. The van der Waals surface area contributed by atoms with E-state index in [0.29, 0.717) is 25.1 Å². The number of halogens is 1. The lowest BCUT2D eigenvalue weighted by molar-refractivity contribution is -0.141. The summed E-state index contributed by atoms with van der Waals surface area (Å²) in [6.07, 6.45) is 1.94. The molecule has 1 N–H and O–H groups in total. The number of anilines is 1. The van der Waals surface area contributed by atoms with Gasteiger partial charge in [-0.05, 0) is 73.7 Å². The molecule has 214 valence electrons. The molecule has 0 saturated carbocycles. The van der Waals surface area contributed by atoms with Crippen molar-refractivity contribution in [2.24, 2.45) is 0 Å². The average molecular weight is 629 g/mol. The fourth-order valence-corrected chi connectivity index (χ4v) is 6.17. The van der Waals surface area contributed by atoms with Gasteiger partial charge in [-0.3, -0.25) is 13.9 Å². The second kappa shape index (κ2) is 14.5. The highest BCUT2D eigenvalue weighted by molar-refractivity contribution is 9.10. The van der Waals surface area contributed by atoms with Gasteiger partial charge in [-0.25, -0.2) is 8.42 Å². The zero-order chi connectivity index (χ0) is 29.3. The zero-order valence-corrected chi connectivity index (χ0v) is 26.0. The number of nitrogens with zero attached hydrogens (tertiary/aromatic N) is 2. The predicted octanol–water partition coefficient (Wildman–Crippen LogP) is 5.39. The number of sulfonamides is 1. The van der Waals surface area contributed by atoms with Crippen LogP contribution in [-0.4, -0.2) is 50.5 Å². The smallest absolute Gasteiger partial charge is 0.243 e. The molecule has 3 aromatic carbocycles. The van der Waals surface area contributed by atoms with E-state index in [1.807, 2.05) is 93.6 Å². The first kappa shape index (κ1) is 31.4. The minimum Gasteiger partial charge on any atom is -0.355 e. The van der Waals surface area contributed by atoms with E-state index in [2.05, 4.69) is 21.2 Å². The molecule has 0 bridgehead atoms. The molecular weight excluding hydrogens is 590 g/mol. The average Bonchev–Trinajstić information content (AvgIpc) is 2.88. The maximum absolute atomic E-state index is 13.8. The van der Waals surface area contributed by atoms with E-state index < -0.39 is 16.1 Å². The highest BCUT2D eigenvalue weighted by Gasteiger charge is 2.30. The Morgan fingerprint density at radius 3 is 2.17 bits per heavy atom. The molecule has 0 unspecified atom stereocenters. The van der Waals surface area contributed by atoms with Gasteiger partial charge in [0.25, 0.3) is 0 Å². The van der Waals surface area contributed by atoms with Crippen LogP contribution in [0.3, 0.4) is 0 Å². The Hall–Kier alpha value is -3.17. The van der Waals surface area contributed by atoms with Crippen LogP contribution in [0.5, 0.6) is 0 Å². The summed E-state index contributed by atoms with van der Waals surface area (Å²) in [4.78, 5) is 28.8. The van der Waals surface area contributed by atoms with Crippen molar-refractivity contribution in [3.8, 4) is 0 Å². The standard InChI is InChI=1S/C31H38BrN3O4S/c1-5-33-31(37)29(21-25-11-7-6-8-12-25)34(22-26-13-9-14-27(32)20-26)30(36)15-10-16-35(40(4,38)39)28-18-23(2)17-24(3)19-28/h6-9,11-14,17-20,29H,5,10,15-16,21-22H2,1-4H3,(H,33,37)/t29-/m0/s1.